The minimum atomic E-state index is 0.129. The van der Waals surface area contributed by atoms with Crippen LogP contribution in [0.2, 0.25) is 0 Å². The molecule has 1 rings (SSSR count). The maximum atomic E-state index is 4.78. The summed E-state index contributed by atoms with van der Waals surface area (Å²) >= 11 is 0. The lowest BCUT2D eigenvalue weighted by atomic mass is 9.84. The summed E-state index contributed by atoms with van der Waals surface area (Å²) < 4.78 is 2.16. The Labute approximate surface area is 100 Å². The molecule has 16 heavy (non-hydrogen) atoms. The van der Waals surface area contributed by atoms with Crippen molar-refractivity contribution >= 4 is 0 Å². The molecule has 0 aliphatic heterocycles. The fraction of sp³-hybridized carbons (Fsp3) is 0.786. The summed E-state index contributed by atoms with van der Waals surface area (Å²) in [4.78, 5) is 0. The molecule has 1 aromatic rings. The Bertz CT molecular complexity index is 373. The molecule has 0 atom stereocenters. The number of aryl methyl sites for hydroxylation is 1. The van der Waals surface area contributed by atoms with Crippen molar-refractivity contribution in [3.8, 4) is 0 Å². The van der Waals surface area contributed by atoms with E-state index in [0.29, 0.717) is 0 Å². The molecule has 0 aromatic carbocycles. The van der Waals surface area contributed by atoms with Crippen molar-refractivity contribution in [1.82, 2.24) is 9.78 Å². The third-order valence-electron chi connectivity index (χ3n) is 2.91. The topological polar surface area (TPSA) is 17.8 Å². The van der Waals surface area contributed by atoms with Gasteiger partial charge in [-0.1, -0.05) is 41.5 Å². The van der Waals surface area contributed by atoms with Crippen LogP contribution in [0.15, 0.2) is 0 Å². The van der Waals surface area contributed by atoms with Crippen LogP contribution < -0.4 is 0 Å². The molecule has 2 nitrogen and oxygen atoms in total. The van der Waals surface area contributed by atoms with Crippen LogP contribution in [-0.4, -0.2) is 9.78 Å². The van der Waals surface area contributed by atoms with Gasteiger partial charge in [-0.05, 0) is 19.4 Å². The Hall–Kier alpha value is -0.790. The Morgan fingerprint density at radius 3 is 1.75 bits per heavy atom. The highest BCUT2D eigenvalue weighted by Crippen LogP contribution is 2.32. The molecule has 0 aliphatic carbocycles. The molecule has 0 spiro atoms. The summed E-state index contributed by atoms with van der Waals surface area (Å²) in [6, 6.07) is 0. The van der Waals surface area contributed by atoms with Gasteiger partial charge < -0.3 is 0 Å². The molecule has 0 radical (unpaired) electrons. The maximum Gasteiger partial charge on any atom is 0.0710 e. The third-order valence-corrected chi connectivity index (χ3v) is 2.91. The highest BCUT2D eigenvalue weighted by molar-refractivity contribution is 5.33. The molecular formula is C14H26N2. The monoisotopic (exact) mass is 222 g/mol. The molecule has 0 unspecified atom stereocenters. The molecule has 0 saturated heterocycles. The molecular weight excluding hydrogens is 196 g/mol. The normalized spacial score (nSPS) is 13.2. The molecule has 1 heterocycles. The molecule has 0 aliphatic rings. The van der Waals surface area contributed by atoms with Crippen molar-refractivity contribution in [2.24, 2.45) is 0 Å². The van der Waals surface area contributed by atoms with Crippen LogP contribution in [0.4, 0.5) is 0 Å². The summed E-state index contributed by atoms with van der Waals surface area (Å²) in [5.41, 5.74) is 4.27. The number of nitrogens with zero attached hydrogens (tertiary/aromatic N) is 2. The molecule has 1 aromatic heterocycles. The zero-order chi connectivity index (χ0) is 12.7. The molecule has 0 bridgehead atoms. The lowest BCUT2D eigenvalue weighted by Gasteiger charge is -2.22. The van der Waals surface area contributed by atoms with Gasteiger partial charge in [0, 0.05) is 23.1 Å². The van der Waals surface area contributed by atoms with Crippen LogP contribution in [0.3, 0.4) is 0 Å². The number of aromatic nitrogens is 2. The smallest absolute Gasteiger partial charge is 0.0710 e. The Balaban J connectivity index is 3.45. The molecule has 92 valence electrons. The van der Waals surface area contributed by atoms with Gasteiger partial charge in [0.25, 0.3) is 0 Å². The van der Waals surface area contributed by atoms with Gasteiger partial charge in [0.1, 0.15) is 0 Å². The van der Waals surface area contributed by atoms with Crippen LogP contribution in [0.25, 0.3) is 0 Å². The molecule has 2 heteroatoms. The highest BCUT2D eigenvalue weighted by atomic mass is 15.3. The van der Waals surface area contributed by atoms with E-state index >= 15 is 0 Å². The first kappa shape index (κ1) is 13.3. The SMILES string of the molecule is CCn1nc(C(C)(C)C)c(C)c1C(C)(C)C. The Morgan fingerprint density at radius 2 is 1.50 bits per heavy atom. The minimum Gasteiger partial charge on any atom is -0.269 e. The van der Waals surface area contributed by atoms with E-state index in [2.05, 4.69) is 60.1 Å². The third kappa shape index (κ3) is 2.31. The van der Waals surface area contributed by atoms with E-state index in [1.165, 1.54) is 17.0 Å². The van der Waals surface area contributed by atoms with Crippen LogP contribution in [-0.2, 0) is 17.4 Å². The van der Waals surface area contributed by atoms with Crippen molar-refractivity contribution in [1.29, 1.82) is 0 Å². The highest BCUT2D eigenvalue weighted by Gasteiger charge is 2.29. The second-order valence-electron chi connectivity index (χ2n) is 6.64. The zero-order valence-corrected chi connectivity index (χ0v) is 12.1. The summed E-state index contributed by atoms with van der Waals surface area (Å²) in [5.74, 6) is 0. The Kier molecular flexibility index (Phi) is 3.24. The van der Waals surface area contributed by atoms with E-state index in [1.807, 2.05) is 0 Å². The second kappa shape index (κ2) is 3.90. The van der Waals surface area contributed by atoms with Gasteiger partial charge in [-0.15, -0.1) is 0 Å². The number of hydrogen-bond acceptors (Lipinski definition) is 1. The van der Waals surface area contributed by atoms with Crippen molar-refractivity contribution in [2.75, 3.05) is 0 Å². The first-order chi connectivity index (χ1) is 7.09. The van der Waals surface area contributed by atoms with Crippen LogP contribution in [0, 0.1) is 6.92 Å². The minimum absolute atomic E-state index is 0.129. The van der Waals surface area contributed by atoms with E-state index in [9.17, 15) is 0 Å². The standard InChI is InChI=1S/C14H26N2/c1-9-16-12(14(6,7)8)10(2)11(15-16)13(3,4)5/h9H2,1-8H3. The summed E-state index contributed by atoms with van der Waals surface area (Å²) in [5, 5.41) is 4.78. The van der Waals surface area contributed by atoms with Crippen LogP contribution in [0.5, 0.6) is 0 Å². The van der Waals surface area contributed by atoms with Crippen molar-refractivity contribution in [2.45, 2.75) is 72.8 Å². The lowest BCUT2D eigenvalue weighted by molar-refractivity contribution is 0.487. The van der Waals surface area contributed by atoms with Crippen molar-refractivity contribution in [3.63, 3.8) is 0 Å². The number of rotatable bonds is 1. The van der Waals surface area contributed by atoms with Gasteiger partial charge in [-0.3, -0.25) is 4.68 Å². The van der Waals surface area contributed by atoms with Gasteiger partial charge in [-0.25, -0.2) is 0 Å². The summed E-state index contributed by atoms with van der Waals surface area (Å²) in [7, 11) is 0. The number of hydrogen-bond donors (Lipinski definition) is 0. The zero-order valence-electron chi connectivity index (χ0n) is 12.1. The van der Waals surface area contributed by atoms with Gasteiger partial charge in [0.2, 0.25) is 0 Å². The van der Waals surface area contributed by atoms with Gasteiger partial charge in [0.15, 0.2) is 0 Å². The van der Waals surface area contributed by atoms with Crippen molar-refractivity contribution in [3.05, 3.63) is 17.0 Å². The van der Waals surface area contributed by atoms with Crippen LogP contribution >= 0.6 is 0 Å². The maximum absolute atomic E-state index is 4.78. The second-order valence-corrected chi connectivity index (χ2v) is 6.64. The Morgan fingerprint density at radius 1 is 1.00 bits per heavy atom. The van der Waals surface area contributed by atoms with E-state index in [-0.39, 0.29) is 10.8 Å². The lowest BCUT2D eigenvalue weighted by Crippen LogP contribution is -2.19. The van der Waals surface area contributed by atoms with E-state index < -0.39 is 0 Å². The van der Waals surface area contributed by atoms with Crippen molar-refractivity contribution < 1.29 is 0 Å². The fourth-order valence-electron chi connectivity index (χ4n) is 2.44. The predicted molar refractivity (Wildman–Crippen MR) is 70.0 cm³/mol. The molecule has 0 saturated carbocycles. The first-order valence-electron chi connectivity index (χ1n) is 6.17. The van der Waals surface area contributed by atoms with E-state index in [4.69, 9.17) is 5.10 Å². The first-order valence-corrected chi connectivity index (χ1v) is 6.17. The molecule has 0 N–H and O–H groups in total. The summed E-state index contributed by atoms with van der Waals surface area (Å²) in [6.07, 6.45) is 0. The average Bonchev–Trinajstić information content (AvgIpc) is 2.40. The summed E-state index contributed by atoms with van der Waals surface area (Å²) in [6.45, 7) is 18.8. The van der Waals surface area contributed by atoms with Gasteiger partial charge in [-0.2, -0.15) is 5.10 Å². The van der Waals surface area contributed by atoms with Gasteiger partial charge in [0.05, 0.1) is 5.69 Å². The molecule has 0 fully saturated rings. The van der Waals surface area contributed by atoms with E-state index in [1.54, 1.807) is 0 Å². The fourth-order valence-corrected chi connectivity index (χ4v) is 2.44. The quantitative estimate of drug-likeness (QED) is 0.706. The average molecular weight is 222 g/mol. The van der Waals surface area contributed by atoms with Crippen LogP contribution in [0.1, 0.15) is 65.4 Å². The largest absolute Gasteiger partial charge is 0.269 e. The predicted octanol–water partition coefficient (Wildman–Crippen LogP) is 3.81. The molecule has 0 amide bonds. The van der Waals surface area contributed by atoms with Gasteiger partial charge >= 0.3 is 0 Å². The van der Waals surface area contributed by atoms with E-state index in [0.717, 1.165) is 6.54 Å².